The van der Waals surface area contributed by atoms with Crippen LogP contribution in [0.5, 0.6) is 5.75 Å². The number of amides is 1. The summed E-state index contributed by atoms with van der Waals surface area (Å²) in [5.74, 6) is -1.91. The van der Waals surface area contributed by atoms with Crippen molar-refractivity contribution in [1.29, 1.82) is 0 Å². The maximum atomic E-state index is 11.7. The number of nitrogens with one attached hydrogen (secondary N) is 1. The fourth-order valence-electron chi connectivity index (χ4n) is 1.82. The second-order valence-corrected chi connectivity index (χ2v) is 5.05. The third kappa shape index (κ3) is 6.34. The first-order valence-electron chi connectivity index (χ1n) is 7.47. The van der Waals surface area contributed by atoms with E-state index in [1.54, 1.807) is 0 Å². The molecule has 130 valence electrons. The molecule has 0 unspecified atom stereocenters. The number of aromatic hydroxyl groups is 1. The molecule has 0 atom stereocenters. The van der Waals surface area contributed by atoms with Crippen LogP contribution in [-0.2, 0) is 25.7 Å². The van der Waals surface area contributed by atoms with E-state index in [9.17, 15) is 14.4 Å². The van der Waals surface area contributed by atoms with Crippen molar-refractivity contribution in [3.8, 4) is 5.75 Å². The molecule has 0 fully saturated rings. The van der Waals surface area contributed by atoms with E-state index in [4.69, 9.17) is 14.6 Å². The second kappa shape index (κ2) is 9.07. The highest BCUT2D eigenvalue weighted by atomic mass is 16.5. The molecule has 1 amide bonds. The molecule has 0 saturated carbocycles. The van der Waals surface area contributed by atoms with Gasteiger partial charge >= 0.3 is 11.9 Å². The number of carbonyl (C=O) groups is 3. The minimum Gasteiger partial charge on any atom is -0.508 e. The van der Waals surface area contributed by atoms with Crippen molar-refractivity contribution in [3.63, 3.8) is 0 Å². The quantitative estimate of drug-likeness (QED) is 0.737. The first-order chi connectivity index (χ1) is 12.0. The summed E-state index contributed by atoms with van der Waals surface area (Å²) in [6, 6.07) is 14.5. The number of carbonyl (C=O) groups excluding carboxylic acids is 3. The molecule has 0 aliphatic heterocycles. The fraction of sp³-hybridized carbons (Fsp3) is 0.167. The van der Waals surface area contributed by atoms with Crippen molar-refractivity contribution in [2.45, 2.75) is 6.61 Å². The van der Waals surface area contributed by atoms with Gasteiger partial charge in [0, 0.05) is 0 Å². The normalized spacial score (nSPS) is 9.92. The molecule has 2 aromatic carbocycles. The number of ether oxygens (including phenoxy) is 2. The van der Waals surface area contributed by atoms with Crippen LogP contribution < -0.4 is 5.32 Å². The second-order valence-electron chi connectivity index (χ2n) is 5.05. The standard InChI is InChI=1S/C18H17NO6/c20-15-8-6-14(7-9-15)18(23)25-12-16(21)19-10-17(22)24-11-13-4-2-1-3-5-13/h1-9,20H,10-12H2,(H,19,21). The van der Waals surface area contributed by atoms with E-state index in [1.165, 1.54) is 24.3 Å². The van der Waals surface area contributed by atoms with Gasteiger partial charge in [0.25, 0.3) is 5.91 Å². The van der Waals surface area contributed by atoms with Gasteiger partial charge in [-0.25, -0.2) is 4.79 Å². The van der Waals surface area contributed by atoms with Gasteiger partial charge in [-0.2, -0.15) is 0 Å². The van der Waals surface area contributed by atoms with Crippen LogP contribution in [0.1, 0.15) is 15.9 Å². The molecule has 2 N–H and O–H groups in total. The topological polar surface area (TPSA) is 102 Å². The number of hydrogen-bond acceptors (Lipinski definition) is 6. The summed E-state index contributed by atoms with van der Waals surface area (Å²) in [5, 5.41) is 11.4. The van der Waals surface area contributed by atoms with E-state index in [0.717, 1.165) is 5.56 Å². The number of phenols is 1. The first-order valence-corrected chi connectivity index (χ1v) is 7.47. The predicted molar refractivity (Wildman–Crippen MR) is 87.6 cm³/mol. The van der Waals surface area contributed by atoms with Crippen LogP contribution >= 0.6 is 0 Å². The summed E-state index contributed by atoms with van der Waals surface area (Å²) in [4.78, 5) is 34.8. The molecule has 0 radical (unpaired) electrons. The largest absolute Gasteiger partial charge is 0.508 e. The van der Waals surface area contributed by atoms with E-state index in [2.05, 4.69) is 5.32 Å². The first kappa shape index (κ1) is 18.0. The smallest absolute Gasteiger partial charge is 0.338 e. The molecule has 7 heteroatoms. The Hall–Kier alpha value is -3.35. The zero-order chi connectivity index (χ0) is 18.1. The zero-order valence-corrected chi connectivity index (χ0v) is 13.3. The van der Waals surface area contributed by atoms with Gasteiger partial charge in [-0.15, -0.1) is 0 Å². The van der Waals surface area contributed by atoms with Gasteiger partial charge in [0.15, 0.2) is 6.61 Å². The molecule has 0 aliphatic rings. The molecule has 0 saturated heterocycles. The van der Waals surface area contributed by atoms with E-state index in [0.29, 0.717) is 0 Å². The molecule has 0 spiro atoms. The Balaban J connectivity index is 1.65. The molecule has 2 rings (SSSR count). The molecule has 0 heterocycles. The summed E-state index contributed by atoms with van der Waals surface area (Å²) in [5.41, 5.74) is 1.04. The highest BCUT2D eigenvalue weighted by Crippen LogP contribution is 2.10. The Kier molecular flexibility index (Phi) is 6.53. The molecular weight excluding hydrogens is 326 g/mol. The van der Waals surface area contributed by atoms with Gasteiger partial charge in [0.05, 0.1) is 5.56 Å². The lowest BCUT2D eigenvalue weighted by Crippen LogP contribution is -2.33. The van der Waals surface area contributed by atoms with Gasteiger partial charge in [-0.3, -0.25) is 9.59 Å². The van der Waals surface area contributed by atoms with Crippen molar-refractivity contribution >= 4 is 17.8 Å². The number of phenolic OH excluding ortho intramolecular Hbond substituents is 1. The molecule has 0 aromatic heterocycles. The maximum absolute atomic E-state index is 11.7. The van der Waals surface area contributed by atoms with Crippen LogP contribution in [0.4, 0.5) is 0 Å². The van der Waals surface area contributed by atoms with Crippen molar-refractivity contribution in [2.24, 2.45) is 0 Å². The summed E-state index contributed by atoms with van der Waals surface area (Å²) in [6.07, 6.45) is 0. The lowest BCUT2D eigenvalue weighted by Gasteiger charge is -2.07. The lowest BCUT2D eigenvalue weighted by molar-refractivity contribution is -0.145. The molecule has 25 heavy (non-hydrogen) atoms. The third-order valence-corrected chi connectivity index (χ3v) is 3.11. The predicted octanol–water partition coefficient (Wildman–Crippen LogP) is 1.41. The Morgan fingerprint density at radius 2 is 1.60 bits per heavy atom. The number of hydrogen-bond donors (Lipinski definition) is 2. The van der Waals surface area contributed by atoms with Crippen molar-refractivity contribution in [1.82, 2.24) is 5.32 Å². The van der Waals surface area contributed by atoms with Crippen molar-refractivity contribution < 1.29 is 29.0 Å². The van der Waals surface area contributed by atoms with Crippen molar-refractivity contribution in [3.05, 3.63) is 65.7 Å². The maximum Gasteiger partial charge on any atom is 0.338 e. The molecule has 0 bridgehead atoms. The van der Waals surface area contributed by atoms with Gasteiger partial charge in [-0.1, -0.05) is 30.3 Å². The van der Waals surface area contributed by atoms with Crippen LogP contribution in [0, 0.1) is 0 Å². The minimum absolute atomic E-state index is 0.0170. The van der Waals surface area contributed by atoms with Gasteiger partial charge in [0.1, 0.15) is 18.9 Å². The van der Waals surface area contributed by atoms with Crippen LogP contribution in [0.25, 0.3) is 0 Å². The monoisotopic (exact) mass is 343 g/mol. The van der Waals surface area contributed by atoms with Crippen LogP contribution in [0.3, 0.4) is 0 Å². The van der Waals surface area contributed by atoms with Crippen LogP contribution in [0.15, 0.2) is 54.6 Å². The van der Waals surface area contributed by atoms with Crippen molar-refractivity contribution in [2.75, 3.05) is 13.2 Å². The highest BCUT2D eigenvalue weighted by Gasteiger charge is 2.11. The lowest BCUT2D eigenvalue weighted by atomic mass is 10.2. The molecular formula is C18H17NO6. The SMILES string of the molecule is O=C(COC(=O)c1ccc(O)cc1)NCC(=O)OCc1ccccc1. The van der Waals surface area contributed by atoms with Gasteiger partial charge in [0.2, 0.25) is 0 Å². The zero-order valence-electron chi connectivity index (χ0n) is 13.3. The summed E-state index contributed by atoms with van der Waals surface area (Å²) in [7, 11) is 0. The number of benzene rings is 2. The Bertz CT molecular complexity index is 727. The summed E-state index contributed by atoms with van der Waals surface area (Å²) >= 11 is 0. The number of esters is 2. The highest BCUT2D eigenvalue weighted by molar-refractivity contribution is 5.91. The van der Waals surface area contributed by atoms with Crippen LogP contribution in [-0.4, -0.2) is 36.1 Å². The van der Waals surface area contributed by atoms with E-state index < -0.39 is 24.5 Å². The third-order valence-electron chi connectivity index (χ3n) is 3.11. The minimum atomic E-state index is -0.707. The van der Waals surface area contributed by atoms with E-state index >= 15 is 0 Å². The summed E-state index contributed by atoms with van der Waals surface area (Å²) < 4.78 is 9.81. The Labute approximate surface area is 144 Å². The van der Waals surface area contributed by atoms with Crippen LogP contribution in [0.2, 0.25) is 0 Å². The molecule has 7 nitrogen and oxygen atoms in total. The molecule has 0 aliphatic carbocycles. The molecule has 2 aromatic rings. The van der Waals surface area contributed by atoms with E-state index in [1.807, 2.05) is 30.3 Å². The van der Waals surface area contributed by atoms with E-state index in [-0.39, 0.29) is 24.5 Å². The Morgan fingerprint density at radius 1 is 0.920 bits per heavy atom. The average Bonchev–Trinajstić information content (AvgIpc) is 2.64. The summed E-state index contributed by atoms with van der Waals surface area (Å²) in [6.45, 7) is -0.723. The van der Waals surface area contributed by atoms with Gasteiger partial charge < -0.3 is 19.9 Å². The fourth-order valence-corrected chi connectivity index (χ4v) is 1.82. The number of rotatable bonds is 7. The Morgan fingerprint density at radius 3 is 2.28 bits per heavy atom. The van der Waals surface area contributed by atoms with Gasteiger partial charge in [-0.05, 0) is 29.8 Å². The average molecular weight is 343 g/mol.